The normalized spacial score (nSPS) is 18.0. The van der Waals surface area contributed by atoms with E-state index in [1.165, 1.54) is 0 Å². The van der Waals surface area contributed by atoms with E-state index >= 15 is 0 Å². The lowest BCUT2D eigenvalue weighted by molar-refractivity contribution is 0.208. The number of nitrogens with one attached hydrogen (secondary N) is 1. The van der Waals surface area contributed by atoms with Gasteiger partial charge in [0.25, 0.3) is 5.89 Å². The van der Waals surface area contributed by atoms with Crippen LogP contribution in [0.5, 0.6) is 0 Å². The highest BCUT2D eigenvalue weighted by molar-refractivity contribution is 5.74. The summed E-state index contributed by atoms with van der Waals surface area (Å²) in [6.07, 6.45) is 4.23. The minimum Gasteiger partial charge on any atom is -0.338 e. The second-order valence-electron chi connectivity index (χ2n) is 4.97. The van der Waals surface area contributed by atoms with Crippen LogP contribution in [0, 0.1) is 0 Å². The van der Waals surface area contributed by atoms with Gasteiger partial charge in [0.2, 0.25) is 0 Å². The monoisotopic (exact) mass is 287 g/mol. The van der Waals surface area contributed by atoms with Gasteiger partial charge in [0.1, 0.15) is 0 Å². The SMILES string of the molecule is CCNC(=O)N1CCC(c2noc(-c3cccnc3)n2)C1. The summed E-state index contributed by atoms with van der Waals surface area (Å²) < 4.78 is 5.29. The van der Waals surface area contributed by atoms with Crippen LogP contribution in [0.1, 0.15) is 25.1 Å². The number of urea groups is 1. The Kier molecular flexibility index (Phi) is 3.81. The van der Waals surface area contributed by atoms with Gasteiger partial charge in [0, 0.05) is 37.9 Å². The van der Waals surface area contributed by atoms with Crippen LogP contribution in [0.4, 0.5) is 4.79 Å². The number of amides is 2. The zero-order valence-corrected chi connectivity index (χ0v) is 11.8. The Morgan fingerprint density at radius 3 is 3.24 bits per heavy atom. The molecule has 7 nitrogen and oxygen atoms in total. The molecule has 2 aromatic rings. The summed E-state index contributed by atoms with van der Waals surface area (Å²) >= 11 is 0. The molecule has 21 heavy (non-hydrogen) atoms. The highest BCUT2D eigenvalue weighted by Gasteiger charge is 2.30. The molecular weight excluding hydrogens is 270 g/mol. The molecule has 7 heteroatoms. The summed E-state index contributed by atoms with van der Waals surface area (Å²) in [6, 6.07) is 3.67. The molecule has 1 N–H and O–H groups in total. The van der Waals surface area contributed by atoms with E-state index in [0.717, 1.165) is 12.0 Å². The number of nitrogens with zero attached hydrogens (tertiary/aromatic N) is 4. The average molecular weight is 287 g/mol. The number of hydrogen-bond donors (Lipinski definition) is 1. The predicted octanol–water partition coefficient (Wildman–Crippen LogP) is 1.65. The van der Waals surface area contributed by atoms with Gasteiger partial charge < -0.3 is 14.7 Å². The van der Waals surface area contributed by atoms with Crippen LogP contribution in [0.3, 0.4) is 0 Å². The van der Waals surface area contributed by atoms with Gasteiger partial charge in [-0.1, -0.05) is 5.16 Å². The fraction of sp³-hybridized carbons (Fsp3) is 0.429. The van der Waals surface area contributed by atoms with Crippen LogP contribution in [-0.4, -0.2) is 45.7 Å². The first-order chi connectivity index (χ1) is 10.3. The summed E-state index contributed by atoms with van der Waals surface area (Å²) in [6.45, 7) is 3.88. The van der Waals surface area contributed by atoms with Crippen LogP contribution >= 0.6 is 0 Å². The Morgan fingerprint density at radius 2 is 2.48 bits per heavy atom. The van der Waals surface area contributed by atoms with Crippen molar-refractivity contribution in [2.75, 3.05) is 19.6 Å². The molecule has 1 saturated heterocycles. The van der Waals surface area contributed by atoms with Crippen molar-refractivity contribution in [3.8, 4) is 11.5 Å². The molecule has 0 spiro atoms. The van der Waals surface area contributed by atoms with E-state index in [4.69, 9.17) is 4.52 Å². The summed E-state index contributed by atoms with van der Waals surface area (Å²) in [5, 5.41) is 6.85. The van der Waals surface area contributed by atoms with Crippen molar-refractivity contribution in [3.63, 3.8) is 0 Å². The Morgan fingerprint density at radius 1 is 1.57 bits per heavy atom. The van der Waals surface area contributed by atoms with Crippen LogP contribution in [-0.2, 0) is 0 Å². The molecule has 1 aliphatic rings. The lowest BCUT2D eigenvalue weighted by Gasteiger charge is -2.15. The van der Waals surface area contributed by atoms with E-state index in [1.54, 1.807) is 17.3 Å². The molecule has 2 amide bonds. The quantitative estimate of drug-likeness (QED) is 0.928. The molecule has 0 aromatic carbocycles. The first-order valence-corrected chi connectivity index (χ1v) is 7.04. The summed E-state index contributed by atoms with van der Waals surface area (Å²) in [7, 11) is 0. The van der Waals surface area contributed by atoms with Crippen LogP contribution < -0.4 is 5.32 Å². The van der Waals surface area contributed by atoms with Crippen molar-refractivity contribution in [3.05, 3.63) is 30.4 Å². The molecule has 1 atom stereocenters. The van der Waals surface area contributed by atoms with E-state index in [0.29, 0.717) is 31.3 Å². The maximum atomic E-state index is 11.8. The minimum atomic E-state index is -0.0315. The smallest absolute Gasteiger partial charge is 0.317 e. The average Bonchev–Trinajstić information content (AvgIpc) is 3.17. The molecule has 0 saturated carbocycles. The standard InChI is InChI=1S/C14H17N5O2/c1-2-16-14(20)19-7-5-11(9-19)12-17-13(21-18-12)10-4-3-6-15-8-10/h3-4,6,8,11H,2,5,7,9H2,1H3,(H,16,20). The molecule has 3 rings (SSSR count). The maximum absolute atomic E-state index is 11.8. The fourth-order valence-corrected chi connectivity index (χ4v) is 2.43. The first-order valence-electron chi connectivity index (χ1n) is 7.04. The van der Waals surface area contributed by atoms with Crippen molar-refractivity contribution >= 4 is 6.03 Å². The Labute approximate surface area is 122 Å². The number of aromatic nitrogens is 3. The zero-order chi connectivity index (χ0) is 14.7. The molecule has 2 aromatic heterocycles. The van der Waals surface area contributed by atoms with E-state index in [9.17, 15) is 4.79 Å². The molecule has 110 valence electrons. The third-order valence-corrected chi connectivity index (χ3v) is 3.52. The molecule has 0 aliphatic carbocycles. The number of rotatable bonds is 3. The third kappa shape index (κ3) is 2.86. The van der Waals surface area contributed by atoms with Crippen LogP contribution in [0.25, 0.3) is 11.5 Å². The second kappa shape index (κ2) is 5.90. The van der Waals surface area contributed by atoms with E-state index in [-0.39, 0.29) is 11.9 Å². The van der Waals surface area contributed by atoms with Gasteiger partial charge in [0.15, 0.2) is 5.82 Å². The number of hydrogen-bond acceptors (Lipinski definition) is 5. The van der Waals surface area contributed by atoms with Crippen molar-refractivity contribution < 1.29 is 9.32 Å². The minimum absolute atomic E-state index is 0.0315. The topological polar surface area (TPSA) is 84.2 Å². The number of likely N-dealkylation sites (tertiary alicyclic amines) is 1. The molecular formula is C14H17N5O2. The predicted molar refractivity (Wildman–Crippen MR) is 75.5 cm³/mol. The van der Waals surface area contributed by atoms with Gasteiger partial charge in [-0.05, 0) is 25.5 Å². The van der Waals surface area contributed by atoms with Gasteiger partial charge in [-0.3, -0.25) is 4.98 Å². The van der Waals surface area contributed by atoms with E-state index < -0.39 is 0 Å². The molecule has 1 fully saturated rings. The molecule has 1 unspecified atom stereocenters. The van der Waals surface area contributed by atoms with Crippen molar-refractivity contribution in [2.24, 2.45) is 0 Å². The van der Waals surface area contributed by atoms with Gasteiger partial charge in [-0.2, -0.15) is 4.98 Å². The lowest BCUT2D eigenvalue weighted by atomic mass is 10.1. The Hall–Kier alpha value is -2.44. The van der Waals surface area contributed by atoms with Crippen LogP contribution in [0.2, 0.25) is 0 Å². The van der Waals surface area contributed by atoms with Gasteiger partial charge in [0.05, 0.1) is 5.56 Å². The molecule has 0 bridgehead atoms. The lowest BCUT2D eigenvalue weighted by Crippen LogP contribution is -2.38. The summed E-state index contributed by atoms with van der Waals surface area (Å²) in [4.78, 5) is 22.0. The zero-order valence-electron chi connectivity index (χ0n) is 11.8. The largest absolute Gasteiger partial charge is 0.338 e. The number of pyridine rings is 1. The summed E-state index contributed by atoms with van der Waals surface area (Å²) in [5.41, 5.74) is 0.801. The Balaban J connectivity index is 1.69. The van der Waals surface area contributed by atoms with Gasteiger partial charge >= 0.3 is 6.03 Å². The van der Waals surface area contributed by atoms with Crippen molar-refractivity contribution in [1.29, 1.82) is 0 Å². The highest BCUT2D eigenvalue weighted by atomic mass is 16.5. The van der Waals surface area contributed by atoms with Crippen molar-refractivity contribution in [1.82, 2.24) is 25.3 Å². The number of carbonyl (C=O) groups is 1. The second-order valence-corrected chi connectivity index (χ2v) is 4.97. The number of carbonyl (C=O) groups excluding carboxylic acids is 1. The van der Waals surface area contributed by atoms with Crippen molar-refractivity contribution in [2.45, 2.75) is 19.3 Å². The van der Waals surface area contributed by atoms with Crippen LogP contribution in [0.15, 0.2) is 29.0 Å². The molecule has 3 heterocycles. The van der Waals surface area contributed by atoms with E-state index in [1.807, 2.05) is 19.1 Å². The Bertz CT molecular complexity index is 613. The van der Waals surface area contributed by atoms with E-state index in [2.05, 4.69) is 20.4 Å². The highest BCUT2D eigenvalue weighted by Crippen LogP contribution is 2.27. The molecule has 1 aliphatic heterocycles. The van der Waals surface area contributed by atoms with Gasteiger partial charge in [-0.15, -0.1) is 0 Å². The van der Waals surface area contributed by atoms with Gasteiger partial charge in [-0.25, -0.2) is 4.79 Å². The third-order valence-electron chi connectivity index (χ3n) is 3.52. The molecule has 0 radical (unpaired) electrons. The summed E-state index contributed by atoms with van der Waals surface area (Å²) in [5.74, 6) is 1.25. The first kappa shape index (κ1) is 13.5. The maximum Gasteiger partial charge on any atom is 0.317 e. The fourth-order valence-electron chi connectivity index (χ4n) is 2.43.